The van der Waals surface area contributed by atoms with Gasteiger partial charge in [-0.1, -0.05) is 60.8 Å². The number of hydrogen-bond acceptors (Lipinski definition) is 4. The molecule has 0 amide bonds. The highest BCUT2D eigenvalue weighted by molar-refractivity contribution is 6.42. The van der Waals surface area contributed by atoms with Crippen LogP contribution in [-0.2, 0) is 4.79 Å². The summed E-state index contributed by atoms with van der Waals surface area (Å²) < 4.78 is 1.77. The Morgan fingerprint density at radius 2 is 1.77 bits per heavy atom. The van der Waals surface area contributed by atoms with Crippen molar-refractivity contribution in [1.82, 2.24) is 14.8 Å². The van der Waals surface area contributed by atoms with Crippen molar-refractivity contribution < 1.29 is 4.79 Å². The molecule has 5 nitrogen and oxygen atoms in total. The average molecular weight is 474 g/mol. The predicted octanol–water partition coefficient (Wildman–Crippen LogP) is 6.56. The molecule has 2 heterocycles. The van der Waals surface area contributed by atoms with Crippen molar-refractivity contribution in [2.75, 3.05) is 5.32 Å². The largest absolute Gasteiger partial charge is 0.328 e. The fraction of sp³-hybridized carbons (Fsp3) is 0.261. The van der Waals surface area contributed by atoms with Gasteiger partial charge in [0.1, 0.15) is 6.04 Å². The number of fused-ring (bicyclic) bond motifs is 1. The van der Waals surface area contributed by atoms with Crippen LogP contribution in [0, 0.1) is 5.41 Å². The third-order valence-electron chi connectivity index (χ3n) is 5.70. The zero-order valence-electron chi connectivity index (χ0n) is 16.9. The van der Waals surface area contributed by atoms with Gasteiger partial charge in [-0.3, -0.25) is 4.79 Å². The lowest BCUT2D eigenvalue weighted by Gasteiger charge is -2.38. The topological polar surface area (TPSA) is 59.8 Å². The minimum atomic E-state index is -0.379. The first-order valence-electron chi connectivity index (χ1n) is 9.92. The lowest BCUT2D eigenvalue weighted by atomic mass is 9.73. The second-order valence-corrected chi connectivity index (χ2v) is 10.00. The van der Waals surface area contributed by atoms with Crippen LogP contribution in [0.5, 0.6) is 0 Å². The van der Waals surface area contributed by atoms with E-state index in [1.54, 1.807) is 16.8 Å². The van der Waals surface area contributed by atoms with Gasteiger partial charge in [-0.15, -0.1) is 5.10 Å². The van der Waals surface area contributed by atoms with Crippen molar-refractivity contribution in [3.8, 4) is 11.4 Å². The molecule has 1 aromatic heterocycles. The number of halogens is 3. The molecule has 3 aromatic rings. The SMILES string of the molecule is CC1(C)CC(=O)C2=C(C1)Nc1nc(-c3ccc(Cl)c(Cl)c3)nn1C2c1ccc(Cl)cc1. The molecule has 2 aromatic carbocycles. The van der Waals surface area contributed by atoms with Gasteiger partial charge in [0.25, 0.3) is 0 Å². The first kappa shape index (κ1) is 20.6. The van der Waals surface area contributed by atoms with Crippen LogP contribution in [0.25, 0.3) is 11.4 Å². The van der Waals surface area contributed by atoms with E-state index in [1.165, 1.54) is 0 Å². The molecule has 0 spiro atoms. The van der Waals surface area contributed by atoms with Gasteiger partial charge in [-0.25, -0.2) is 4.68 Å². The van der Waals surface area contributed by atoms with Gasteiger partial charge >= 0.3 is 0 Å². The summed E-state index contributed by atoms with van der Waals surface area (Å²) in [5, 5.41) is 9.67. The van der Waals surface area contributed by atoms with Crippen LogP contribution >= 0.6 is 34.8 Å². The van der Waals surface area contributed by atoms with Gasteiger partial charge in [-0.05, 0) is 47.7 Å². The molecule has 1 N–H and O–H groups in total. The number of aromatic nitrogens is 3. The number of Topliss-reactive ketones (excluding diaryl/α,β-unsaturated/α-hetero) is 1. The van der Waals surface area contributed by atoms with Crippen LogP contribution in [0.15, 0.2) is 53.7 Å². The van der Waals surface area contributed by atoms with E-state index in [4.69, 9.17) is 44.9 Å². The quantitative estimate of drug-likeness (QED) is 0.457. The van der Waals surface area contributed by atoms with Crippen LogP contribution in [0.1, 0.15) is 38.3 Å². The summed E-state index contributed by atoms with van der Waals surface area (Å²) in [6.45, 7) is 4.21. The van der Waals surface area contributed by atoms with Crippen molar-refractivity contribution in [2.24, 2.45) is 5.41 Å². The standard InChI is InChI=1S/C23H19Cl3N4O/c1-23(2)10-17-19(18(31)11-23)20(12-3-6-14(24)7-4-12)30-22(27-17)28-21(29-30)13-5-8-15(25)16(26)9-13/h3-9,20H,10-11H2,1-2H3,(H,27,28,29). The summed E-state index contributed by atoms with van der Waals surface area (Å²) in [5.74, 6) is 1.22. The van der Waals surface area contributed by atoms with Gasteiger partial charge in [0.15, 0.2) is 11.6 Å². The molecule has 1 atom stereocenters. The highest BCUT2D eigenvalue weighted by atomic mass is 35.5. The summed E-state index contributed by atoms with van der Waals surface area (Å²) in [6, 6.07) is 12.4. The maximum atomic E-state index is 13.2. The Balaban J connectivity index is 1.67. The summed E-state index contributed by atoms with van der Waals surface area (Å²) >= 11 is 18.4. The Labute approximate surface area is 195 Å². The fourth-order valence-corrected chi connectivity index (χ4v) is 4.74. The maximum absolute atomic E-state index is 13.2. The number of nitrogens with zero attached hydrogens (tertiary/aromatic N) is 3. The molecule has 0 fully saturated rings. The number of rotatable bonds is 2. The summed E-state index contributed by atoms with van der Waals surface area (Å²) in [5.41, 5.74) is 3.19. The van der Waals surface area contributed by atoms with Gasteiger partial charge < -0.3 is 5.32 Å². The van der Waals surface area contributed by atoms with Gasteiger partial charge in [-0.2, -0.15) is 4.98 Å². The van der Waals surface area contributed by atoms with Crippen LogP contribution in [0.2, 0.25) is 15.1 Å². The Hall–Kier alpha value is -2.34. The number of anilines is 1. The Morgan fingerprint density at radius 1 is 1.03 bits per heavy atom. The van der Waals surface area contributed by atoms with Crippen LogP contribution in [0.3, 0.4) is 0 Å². The molecule has 0 saturated carbocycles. The van der Waals surface area contributed by atoms with E-state index in [0.717, 1.165) is 28.8 Å². The second kappa shape index (κ2) is 7.37. The monoisotopic (exact) mass is 472 g/mol. The molecule has 31 heavy (non-hydrogen) atoms. The molecule has 8 heteroatoms. The van der Waals surface area contributed by atoms with Crippen molar-refractivity contribution >= 4 is 46.5 Å². The molecule has 1 unspecified atom stereocenters. The van der Waals surface area contributed by atoms with Gasteiger partial charge in [0.2, 0.25) is 5.95 Å². The molecule has 1 aliphatic carbocycles. The Morgan fingerprint density at radius 3 is 2.48 bits per heavy atom. The molecule has 158 valence electrons. The number of allylic oxidation sites excluding steroid dienone is 2. The molecular weight excluding hydrogens is 455 g/mol. The van der Waals surface area contributed by atoms with Crippen molar-refractivity contribution in [3.63, 3.8) is 0 Å². The molecule has 0 saturated heterocycles. The molecule has 1 aliphatic heterocycles. The Bertz CT molecular complexity index is 1240. The minimum Gasteiger partial charge on any atom is -0.328 e. The number of nitrogens with one attached hydrogen (secondary N) is 1. The zero-order chi connectivity index (χ0) is 21.9. The minimum absolute atomic E-state index is 0.121. The predicted molar refractivity (Wildman–Crippen MR) is 124 cm³/mol. The van der Waals surface area contributed by atoms with E-state index in [1.807, 2.05) is 30.3 Å². The second-order valence-electron chi connectivity index (χ2n) is 8.74. The highest BCUT2D eigenvalue weighted by Crippen LogP contribution is 2.45. The molecule has 5 rings (SSSR count). The van der Waals surface area contributed by atoms with Crippen LogP contribution in [0.4, 0.5) is 5.95 Å². The fourth-order valence-electron chi connectivity index (χ4n) is 4.32. The summed E-state index contributed by atoms with van der Waals surface area (Å²) in [4.78, 5) is 18.0. The zero-order valence-corrected chi connectivity index (χ0v) is 19.2. The highest BCUT2D eigenvalue weighted by Gasteiger charge is 2.41. The number of ketones is 1. The Kier molecular flexibility index (Phi) is 4.88. The third kappa shape index (κ3) is 3.65. The van der Waals surface area contributed by atoms with E-state index in [-0.39, 0.29) is 17.2 Å². The van der Waals surface area contributed by atoms with Crippen molar-refractivity contribution in [3.05, 3.63) is 74.4 Å². The number of hydrogen-bond donors (Lipinski definition) is 1. The smallest absolute Gasteiger partial charge is 0.226 e. The summed E-state index contributed by atoms with van der Waals surface area (Å²) in [6.07, 6.45) is 1.24. The van der Waals surface area contributed by atoms with Gasteiger partial charge in [0.05, 0.1) is 10.0 Å². The number of carbonyl (C=O) groups is 1. The third-order valence-corrected chi connectivity index (χ3v) is 6.69. The lowest BCUT2D eigenvalue weighted by Crippen LogP contribution is -2.36. The summed E-state index contributed by atoms with van der Waals surface area (Å²) in [7, 11) is 0. The van der Waals surface area contributed by atoms with Crippen molar-refractivity contribution in [2.45, 2.75) is 32.7 Å². The van der Waals surface area contributed by atoms with Crippen molar-refractivity contribution in [1.29, 1.82) is 0 Å². The molecular formula is C23H19Cl3N4O. The first-order chi connectivity index (χ1) is 14.7. The van der Waals surface area contributed by atoms with E-state index in [2.05, 4.69) is 19.2 Å². The molecule has 2 aliphatic rings. The molecule has 0 radical (unpaired) electrons. The van der Waals surface area contributed by atoms with Gasteiger partial charge in [0, 0.05) is 28.3 Å². The van der Waals surface area contributed by atoms with E-state index in [9.17, 15) is 4.79 Å². The maximum Gasteiger partial charge on any atom is 0.226 e. The van der Waals surface area contributed by atoms with Crippen LogP contribution < -0.4 is 5.32 Å². The van der Waals surface area contributed by atoms with E-state index < -0.39 is 0 Å². The van der Waals surface area contributed by atoms with Crippen LogP contribution in [-0.4, -0.2) is 20.5 Å². The lowest BCUT2D eigenvalue weighted by molar-refractivity contribution is -0.118. The first-order valence-corrected chi connectivity index (χ1v) is 11.1. The average Bonchev–Trinajstić information content (AvgIpc) is 3.12. The molecule has 0 bridgehead atoms. The number of carbonyl (C=O) groups excluding carboxylic acids is 1. The normalized spacial score (nSPS) is 19.6. The number of benzene rings is 2. The van der Waals surface area contributed by atoms with E-state index >= 15 is 0 Å². The van der Waals surface area contributed by atoms with E-state index in [0.29, 0.717) is 33.3 Å².